The van der Waals surface area contributed by atoms with Crippen LogP contribution in [0.15, 0.2) is 18.2 Å². The molecule has 0 aliphatic carbocycles. The van der Waals surface area contributed by atoms with Crippen molar-refractivity contribution in [2.45, 2.75) is 31.5 Å². The first-order valence-corrected chi connectivity index (χ1v) is 7.17. The van der Waals surface area contributed by atoms with Crippen LogP contribution < -0.4 is 0 Å². The van der Waals surface area contributed by atoms with E-state index in [-0.39, 0.29) is 31.4 Å². The molecule has 132 valence electrons. The number of nitrogens with zero attached hydrogens (tertiary/aromatic N) is 1. The van der Waals surface area contributed by atoms with Gasteiger partial charge in [0.1, 0.15) is 5.82 Å². The van der Waals surface area contributed by atoms with E-state index in [0.717, 1.165) is 11.0 Å². The number of hydrogen-bond donors (Lipinski definition) is 2. The lowest BCUT2D eigenvalue weighted by molar-refractivity contribution is -0.144. The summed E-state index contributed by atoms with van der Waals surface area (Å²) in [7, 11) is 0. The molecule has 0 saturated carbocycles. The number of amides is 1. The van der Waals surface area contributed by atoms with Crippen molar-refractivity contribution in [2.24, 2.45) is 5.92 Å². The summed E-state index contributed by atoms with van der Waals surface area (Å²) in [4.78, 5) is 23.4. The maximum atomic E-state index is 13.6. The molecule has 1 fully saturated rings. The molecular weight excluding hydrogens is 334 g/mol. The molecule has 1 amide bonds. The van der Waals surface area contributed by atoms with Gasteiger partial charge in [-0.3, -0.25) is 4.79 Å². The second-order valence-corrected chi connectivity index (χ2v) is 5.71. The fraction of sp³-hybridized carbons (Fsp3) is 0.467. The van der Waals surface area contributed by atoms with Crippen LogP contribution in [0.2, 0.25) is 0 Å². The van der Waals surface area contributed by atoms with Gasteiger partial charge in [-0.05, 0) is 37.0 Å². The van der Waals surface area contributed by atoms with E-state index in [2.05, 4.69) is 0 Å². The fourth-order valence-electron chi connectivity index (χ4n) is 2.91. The number of halogens is 4. The van der Waals surface area contributed by atoms with Crippen molar-refractivity contribution in [3.05, 3.63) is 35.1 Å². The van der Waals surface area contributed by atoms with Gasteiger partial charge in [-0.25, -0.2) is 9.18 Å². The quantitative estimate of drug-likeness (QED) is 0.822. The number of hydrogen-bond acceptors (Lipinski definition) is 2. The maximum absolute atomic E-state index is 13.6. The van der Waals surface area contributed by atoms with Crippen molar-refractivity contribution in [1.29, 1.82) is 0 Å². The van der Waals surface area contributed by atoms with Gasteiger partial charge in [0.2, 0.25) is 0 Å². The molecule has 2 unspecified atom stereocenters. The Morgan fingerprint density at radius 1 is 1.25 bits per heavy atom. The van der Waals surface area contributed by atoms with Crippen molar-refractivity contribution in [1.82, 2.24) is 4.90 Å². The van der Waals surface area contributed by atoms with Gasteiger partial charge >= 0.3 is 18.2 Å². The summed E-state index contributed by atoms with van der Waals surface area (Å²) in [5.74, 6) is -3.22. The molecule has 1 aliphatic heterocycles. The van der Waals surface area contributed by atoms with Gasteiger partial charge in [-0.2, -0.15) is 13.2 Å². The number of piperidine rings is 1. The molecule has 0 bridgehead atoms. The van der Waals surface area contributed by atoms with Crippen molar-refractivity contribution >= 4 is 12.1 Å². The number of carbonyl (C=O) groups is 2. The number of rotatable bonds is 3. The highest BCUT2D eigenvalue weighted by atomic mass is 19.4. The Morgan fingerprint density at radius 2 is 1.92 bits per heavy atom. The van der Waals surface area contributed by atoms with E-state index in [0.29, 0.717) is 12.1 Å². The molecule has 1 aromatic rings. The highest BCUT2D eigenvalue weighted by Crippen LogP contribution is 2.32. The molecule has 5 nitrogen and oxygen atoms in total. The van der Waals surface area contributed by atoms with Crippen LogP contribution in [0.5, 0.6) is 0 Å². The van der Waals surface area contributed by atoms with Crippen LogP contribution >= 0.6 is 0 Å². The topological polar surface area (TPSA) is 77.8 Å². The zero-order chi connectivity index (χ0) is 18.1. The average molecular weight is 349 g/mol. The predicted molar refractivity (Wildman–Crippen MR) is 74.0 cm³/mol. The number of carboxylic acid groups (broad SMARTS) is 2. The Kier molecular flexibility index (Phi) is 5.00. The summed E-state index contributed by atoms with van der Waals surface area (Å²) >= 11 is 0. The second kappa shape index (κ2) is 6.66. The number of likely N-dealkylation sites (tertiary alicyclic amines) is 1. The second-order valence-electron chi connectivity index (χ2n) is 5.71. The standard InChI is InChI=1S/C15H15F4NO4/c16-12-6-8(1-2-11(12)15(17,18)19)5-10-7-9(13(21)22)3-4-20(10)14(23)24/h1-2,6,9-10H,3-5,7H2,(H,21,22)(H,23,24). The highest BCUT2D eigenvalue weighted by Gasteiger charge is 2.36. The molecule has 1 heterocycles. The first-order chi connectivity index (χ1) is 11.1. The van der Waals surface area contributed by atoms with Crippen molar-refractivity contribution in [3.8, 4) is 0 Å². The number of aliphatic carboxylic acids is 1. The Bertz CT molecular complexity index is 647. The smallest absolute Gasteiger partial charge is 0.419 e. The first kappa shape index (κ1) is 18.0. The number of benzene rings is 1. The van der Waals surface area contributed by atoms with Gasteiger partial charge in [0.25, 0.3) is 0 Å². The summed E-state index contributed by atoms with van der Waals surface area (Å²) in [6.45, 7) is 0.0140. The molecule has 0 radical (unpaired) electrons. The third-order valence-corrected chi connectivity index (χ3v) is 4.12. The molecule has 1 aromatic carbocycles. The van der Waals surface area contributed by atoms with E-state index in [1.54, 1.807) is 0 Å². The third-order valence-electron chi connectivity index (χ3n) is 4.12. The molecule has 0 aromatic heterocycles. The van der Waals surface area contributed by atoms with E-state index in [9.17, 15) is 32.3 Å². The molecule has 24 heavy (non-hydrogen) atoms. The van der Waals surface area contributed by atoms with Gasteiger partial charge in [-0.1, -0.05) is 6.07 Å². The lowest BCUT2D eigenvalue weighted by Crippen LogP contribution is -2.48. The van der Waals surface area contributed by atoms with Crippen LogP contribution in [0.1, 0.15) is 24.0 Å². The first-order valence-electron chi connectivity index (χ1n) is 7.17. The maximum Gasteiger partial charge on any atom is 0.419 e. The summed E-state index contributed by atoms with van der Waals surface area (Å²) in [6.07, 6.45) is -5.90. The Morgan fingerprint density at radius 3 is 2.42 bits per heavy atom. The van der Waals surface area contributed by atoms with Crippen molar-refractivity contribution in [3.63, 3.8) is 0 Å². The lowest BCUT2D eigenvalue weighted by Gasteiger charge is -2.36. The van der Waals surface area contributed by atoms with Crippen molar-refractivity contribution in [2.75, 3.05) is 6.54 Å². The van der Waals surface area contributed by atoms with E-state index in [1.165, 1.54) is 0 Å². The van der Waals surface area contributed by atoms with Crippen LogP contribution in [0.4, 0.5) is 22.4 Å². The van der Waals surface area contributed by atoms with Gasteiger partial charge in [0, 0.05) is 12.6 Å². The van der Waals surface area contributed by atoms with Crippen LogP contribution in [-0.4, -0.2) is 39.8 Å². The van der Waals surface area contributed by atoms with Gasteiger partial charge in [0.15, 0.2) is 0 Å². The minimum atomic E-state index is -4.81. The van der Waals surface area contributed by atoms with Crippen LogP contribution in [0.3, 0.4) is 0 Å². The minimum absolute atomic E-state index is 0.0140. The Labute approximate surface area is 134 Å². The third kappa shape index (κ3) is 3.95. The van der Waals surface area contributed by atoms with Gasteiger partial charge < -0.3 is 15.1 Å². The molecule has 2 atom stereocenters. The lowest BCUT2D eigenvalue weighted by atomic mass is 9.87. The minimum Gasteiger partial charge on any atom is -0.481 e. The summed E-state index contributed by atoms with van der Waals surface area (Å²) in [6, 6.07) is 1.67. The van der Waals surface area contributed by atoms with Crippen LogP contribution in [0, 0.1) is 11.7 Å². The fourth-order valence-corrected chi connectivity index (χ4v) is 2.91. The molecule has 1 saturated heterocycles. The molecule has 0 spiro atoms. The SMILES string of the molecule is O=C(O)C1CCN(C(=O)O)C(Cc2ccc(C(F)(F)F)c(F)c2)C1. The largest absolute Gasteiger partial charge is 0.481 e. The zero-order valence-electron chi connectivity index (χ0n) is 12.4. The van der Waals surface area contributed by atoms with E-state index in [1.807, 2.05) is 0 Å². The van der Waals surface area contributed by atoms with E-state index < -0.39 is 41.6 Å². The Balaban J connectivity index is 2.21. The average Bonchev–Trinajstić information content (AvgIpc) is 2.45. The zero-order valence-corrected chi connectivity index (χ0v) is 12.4. The molecule has 9 heteroatoms. The Hall–Kier alpha value is -2.32. The van der Waals surface area contributed by atoms with E-state index in [4.69, 9.17) is 5.11 Å². The molecule has 2 rings (SSSR count). The summed E-state index contributed by atoms with van der Waals surface area (Å²) in [5, 5.41) is 18.2. The normalized spacial score (nSPS) is 21.6. The van der Waals surface area contributed by atoms with Gasteiger partial charge in [-0.15, -0.1) is 0 Å². The number of alkyl halides is 3. The summed E-state index contributed by atoms with van der Waals surface area (Å²) in [5.41, 5.74) is -1.21. The highest BCUT2D eigenvalue weighted by molar-refractivity contribution is 5.71. The summed E-state index contributed by atoms with van der Waals surface area (Å²) < 4.78 is 51.3. The molecular formula is C15H15F4NO4. The van der Waals surface area contributed by atoms with Crippen molar-refractivity contribution < 1.29 is 37.4 Å². The molecule has 1 aliphatic rings. The predicted octanol–water partition coefficient (Wildman–Crippen LogP) is 3.23. The van der Waals surface area contributed by atoms with Gasteiger partial charge in [0.05, 0.1) is 11.5 Å². The molecule has 2 N–H and O–H groups in total. The monoisotopic (exact) mass is 349 g/mol. The van der Waals surface area contributed by atoms with Crippen LogP contribution in [-0.2, 0) is 17.4 Å². The van der Waals surface area contributed by atoms with Crippen LogP contribution in [0.25, 0.3) is 0 Å². The number of carboxylic acids is 1. The van der Waals surface area contributed by atoms with E-state index >= 15 is 0 Å².